The number of nitrogens with zero attached hydrogens (tertiary/aromatic N) is 3. The number of nitrogens with one attached hydrogen (secondary N) is 1. The minimum absolute atomic E-state index is 0.102. The van der Waals surface area contributed by atoms with Crippen molar-refractivity contribution < 1.29 is 37.6 Å². The number of carbonyl (C=O) groups excluding carboxylic acids is 1. The smallest absolute Gasteiger partial charge is 0.261 e. The van der Waals surface area contributed by atoms with Gasteiger partial charge in [-0.3, -0.25) is 14.8 Å². The van der Waals surface area contributed by atoms with Gasteiger partial charge in [0.1, 0.15) is 22.6 Å². The minimum Gasteiger partial charge on any atom is -0.506 e. The van der Waals surface area contributed by atoms with Crippen LogP contribution < -0.4 is 19.5 Å². The average Bonchev–Trinajstić information content (AvgIpc) is 3.01. The van der Waals surface area contributed by atoms with E-state index in [2.05, 4.69) is 20.3 Å². The summed E-state index contributed by atoms with van der Waals surface area (Å²) in [6.45, 7) is 1.92. The summed E-state index contributed by atoms with van der Waals surface area (Å²) in [6.07, 6.45) is 1.71. The van der Waals surface area contributed by atoms with E-state index in [0.29, 0.717) is 28.0 Å². The van der Waals surface area contributed by atoms with Crippen molar-refractivity contribution in [3.8, 4) is 40.0 Å². The van der Waals surface area contributed by atoms with Gasteiger partial charge >= 0.3 is 0 Å². The van der Waals surface area contributed by atoms with Crippen molar-refractivity contribution in [2.75, 3.05) is 33.3 Å². The number of ether oxygens (including phenoxy) is 4. The molecule has 0 saturated heterocycles. The Morgan fingerprint density at radius 2 is 1.70 bits per heavy atom. The summed E-state index contributed by atoms with van der Waals surface area (Å²) in [5.41, 5.74) is 2.25. The number of carbonyl (C=O) groups is 1. The molecule has 0 aliphatic rings. The zero-order chi connectivity index (χ0) is 31.4. The number of hydrogen-bond donors (Lipinski definition) is 2. The normalized spacial score (nSPS) is 11.0. The predicted molar refractivity (Wildman–Crippen MR) is 159 cm³/mol. The molecule has 3 heterocycles. The molecule has 2 N–H and O–H groups in total. The first-order chi connectivity index (χ1) is 21.2. The van der Waals surface area contributed by atoms with E-state index in [1.54, 1.807) is 13.0 Å². The number of halogens is 2. The molecule has 0 fully saturated rings. The highest BCUT2D eigenvalue weighted by Gasteiger charge is 2.24. The Morgan fingerprint density at radius 1 is 0.932 bits per heavy atom. The van der Waals surface area contributed by atoms with Gasteiger partial charge in [-0.1, -0.05) is 12.1 Å². The standard InChI is InChI=1S/C32H28F2N4O6/c1-17-27(18-5-7-19(33)8-6-18)30(39)28(22(36-17)12-14-41-2)31(40)37-20-9-10-24(21(34)15-20)44-25-11-13-35-23-16-26(42-3)32(43-4)38-29(23)25/h5-11,13,15-16H,12,14H2,1-4H3,(H,36,39)(H,37,40). The minimum atomic E-state index is -0.772. The molecule has 0 bridgehead atoms. The topological polar surface area (TPSA) is 125 Å². The zero-order valence-corrected chi connectivity index (χ0v) is 24.3. The van der Waals surface area contributed by atoms with Crippen molar-refractivity contribution in [3.05, 3.63) is 89.4 Å². The molecule has 0 aliphatic heterocycles. The molecule has 44 heavy (non-hydrogen) atoms. The van der Waals surface area contributed by atoms with E-state index in [0.717, 1.165) is 6.07 Å². The Morgan fingerprint density at radius 3 is 2.39 bits per heavy atom. The molecule has 226 valence electrons. The second-order valence-electron chi connectivity index (χ2n) is 9.57. The summed E-state index contributed by atoms with van der Waals surface area (Å²) >= 11 is 0. The van der Waals surface area contributed by atoms with Gasteiger partial charge in [0.05, 0.1) is 32.0 Å². The Hall–Kier alpha value is -5.36. The van der Waals surface area contributed by atoms with E-state index < -0.39 is 17.5 Å². The number of methoxy groups -OCH3 is 3. The first kappa shape index (κ1) is 30.1. The highest BCUT2D eigenvalue weighted by atomic mass is 19.1. The van der Waals surface area contributed by atoms with Crippen LogP contribution in [0.3, 0.4) is 0 Å². The molecule has 3 aromatic heterocycles. The van der Waals surface area contributed by atoms with Crippen LogP contribution in [-0.2, 0) is 11.2 Å². The Balaban J connectivity index is 1.45. The average molecular weight is 603 g/mol. The van der Waals surface area contributed by atoms with Crippen molar-refractivity contribution in [2.24, 2.45) is 0 Å². The van der Waals surface area contributed by atoms with Crippen LogP contribution in [0.2, 0.25) is 0 Å². The van der Waals surface area contributed by atoms with Crippen molar-refractivity contribution >= 4 is 22.6 Å². The van der Waals surface area contributed by atoms with E-state index in [-0.39, 0.29) is 58.7 Å². The second-order valence-corrected chi connectivity index (χ2v) is 9.57. The van der Waals surface area contributed by atoms with Crippen molar-refractivity contribution in [2.45, 2.75) is 13.3 Å². The molecule has 2 aromatic carbocycles. The number of anilines is 1. The third kappa shape index (κ3) is 6.06. The number of aryl methyl sites for hydroxylation is 1. The highest BCUT2D eigenvalue weighted by molar-refractivity contribution is 6.08. The lowest BCUT2D eigenvalue weighted by Gasteiger charge is -2.17. The Labute approximate surface area is 251 Å². The lowest BCUT2D eigenvalue weighted by atomic mass is 9.97. The van der Waals surface area contributed by atoms with E-state index >= 15 is 4.39 Å². The number of aromatic nitrogens is 3. The first-order valence-electron chi connectivity index (χ1n) is 13.4. The van der Waals surface area contributed by atoms with Gasteiger partial charge in [0.25, 0.3) is 11.8 Å². The molecule has 5 rings (SSSR count). The number of rotatable bonds is 10. The van der Waals surface area contributed by atoms with Crippen molar-refractivity contribution in [1.82, 2.24) is 15.0 Å². The Bertz CT molecular complexity index is 1850. The third-order valence-electron chi connectivity index (χ3n) is 6.76. The summed E-state index contributed by atoms with van der Waals surface area (Å²) in [7, 11) is 4.42. The van der Waals surface area contributed by atoms with E-state index in [9.17, 15) is 14.3 Å². The number of fused-ring (bicyclic) bond motifs is 1. The fraction of sp³-hybridized carbons (Fsp3) is 0.188. The van der Waals surface area contributed by atoms with Gasteiger partial charge in [-0.05, 0) is 36.8 Å². The zero-order valence-electron chi connectivity index (χ0n) is 24.3. The number of amides is 1. The molecule has 1 amide bonds. The number of aromatic hydroxyl groups is 1. The van der Waals surface area contributed by atoms with E-state index in [4.69, 9.17) is 18.9 Å². The fourth-order valence-corrected chi connectivity index (χ4v) is 4.69. The molecule has 0 atom stereocenters. The first-order valence-corrected chi connectivity index (χ1v) is 13.4. The van der Waals surface area contributed by atoms with Gasteiger partial charge in [-0.2, -0.15) is 0 Å². The molecule has 0 saturated carbocycles. The monoisotopic (exact) mass is 602 g/mol. The molecule has 0 spiro atoms. The molecule has 0 aliphatic carbocycles. The van der Waals surface area contributed by atoms with Crippen LogP contribution in [-0.4, -0.2) is 53.9 Å². The summed E-state index contributed by atoms with van der Waals surface area (Å²) < 4.78 is 50.4. The van der Waals surface area contributed by atoms with Crippen molar-refractivity contribution in [3.63, 3.8) is 0 Å². The quantitative estimate of drug-likeness (QED) is 0.191. The summed E-state index contributed by atoms with van der Waals surface area (Å²) in [5, 5.41) is 13.9. The van der Waals surface area contributed by atoms with Crippen molar-refractivity contribution in [1.29, 1.82) is 0 Å². The van der Waals surface area contributed by atoms with Gasteiger partial charge in [-0.15, -0.1) is 0 Å². The largest absolute Gasteiger partial charge is 0.506 e. The maximum atomic E-state index is 15.3. The number of hydrogen-bond acceptors (Lipinski definition) is 9. The van der Waals surface area contributed by atoms with Crippen LogP contribution in [0.25, 0.3) is 22.2 Å². The number of pyridine rings is 3. The van der Waals surface area contributed by atoms with Gasteiger partial charge in [0, 0.05) is 54.9 Å². The lowest BCUT2D eigenvalue weighted by Crippen LogP contribution is -2.18. The highest BCUT2D eigenvalue weighted by Crippen LogP contribution is 2.38. The predicted octanol–water partition coefficient (Wildman–Crippen LogP) is 6.23. The SMILES string of the molecule is COCCc1nc(C)c(-c2ccc(F)cc2)c(O)c1C(=O)Nc1ccc(Oc2ccnc3cc(OC)c(OC)nc23)c(F)c1. The maximum absolute atomic E-state index is 15.3. The summed E-state index contributed by atoms with van der Waals surface area (Å²) in [5.74, 6) is -1.61. The van der Waals surface area contributed by atoms with Gasteiger partial charge in [-0.25, -0.2) is 13.8 Å². The third-order valence-corrected chi connectivity index (χ3v) is 6.76. The van der Waals surface area contributed by atoms with Crippen LogP contribution in [0.15, 0.2) is 60.8 Å². The molecule has 5 aromatic rings. The van der Waals surface area contributed by atoms with Crippen LogP contribution >= 0.6 is 0 Å². The second kappa shape index (κ2) is 12.9. The van der Waals surface area contributed by atoms with E-state index in [1.807, 2.05) is 0 Å². The lowest BCUT2D eigenvalue weighted by molar-refractivity contribution is 0.102. The molecular formula is C32H28F2N4O6. The molecule has 12 heteroatoms. The Kier molecular flexibility index (Phi) is 8.81. The van der Waals surface area contributed by atoms with Crippen LogP contribution in [0.1, 0.15) is 21.7 Å². The summed E-state index contributed by atoms with van der Waals surface area (Å²) in [4.78, 5) is 26.7. The molecule has 0 radical (unpaired) electrons. The summed E-state index contributed by atoms with van der Waals surface area (Å²) in [6, 6.07) is 12.5. The molecular weight excluding hydrogens is 574 g/mol. The molecule has 10 nitrogen and oxygen atoms in total. The fourth-order valence-electron chi connectivity index (χ4n) is 4.69. The van der Waals surface area contributed by atoms with Crippen LogP contribution in [0, 0.1) is 18.6 Å². The van der Waals surface area contributed by atoms with Crippen LogP contribution in [0.4, 0.5) is 14.5 Å². The van der Waals surface area contributed by atoms with Gasteiger partial charge < -0.3 is 29.4 Å². The van der Waals surface area contributed by atoms with E-state index in [1.165, 1.54) is 70.0 Å². The van der Waals surface area contributed by atoms with Gasteiger partial charge in [0.2, 0.25) is 0 Å². The molecule has 0 unspecified atom stereocenters. The maximum Gasteiger partial charge on any atom is 0.261 e. The number of benzene rings is 2. The van der Waals surface area contributed by atoms with Crippen LogP contribution in [0.5, 0.6) is 28.9 Å². The van der Waals surface area contributed by atoms with Gasteiger partial charge in [0.15, 0.2) is 23.1 Å².